The van der Waals surface area contributed by atoms with Crippen LogP contribution >= 0.6 is 11.8 Å². The molecule has 14 heteroatoms. The summed E-state index contributed by atoms with van der Waals surface area (Å²) in [5, 5.41) is 22.6. The minimum absolute atomic E-state index is 0.0960. The molecule has 0 aliphatic heterocycles. The molecule has 1 unspecified atom stereocenters. The van der Waals surface area contributed by atoms with Crippen LogP contribution in [0.2, 0.25) is 0 Å². The quantitative estimate of drug-likeness (QED) is 0.362. The van der Waals surface area contributed by atoms with Gasteiger partial charge in [-0.25, -0.2) is 9.78 Å². The Hall–Kier alpha value is -4.30. The number of nitrogens with zero attached hydrogens (tertiary/aromatic N) is 4. The first-order chi connectivity index (χ1) is 16.0. The Kier molecular flexibility index (Phi) is 6.65. The molecule has 0 saturated heterocycles. The highest BCUT2D eigenvalue weighted by Gasteiger charge is 2.35. The van der Waals surface area contributed by atoms with Gasteiger partial charge in [-0.1, -0.05) is 28.6 Å². The highest BCUT2D eigenvalue weighted by molar-refractivity contribution is 8.00. The van der Waals surface area contributed by atoms with Crippen molar-refractivity contribution in [3.63, 3.8) is 0 Å². The summed E-state index contributed by atoms with van der Waals surface area (Å²) in [7, 11) is 1.40. The lowest BCUT2D eigenvalue weighted by atomic mass is 10.0. The summed E-state index contributed by atoms with van der Waals surface area (Å²) >= 11 is 0.724. The van der Waals surface area contributed by atoms with E-state index >= 15 is 0 Å². The van der Waals surface area contributed by atoms with E-state index in [1.165, 1.54) is 26.1 Å². The lowest BCUT2D eigenvalue weighted by Gasteiger charge is -2.17. The number of carbonyl (C=O) groups is 1. The lowest BCUT2D eigenvalue weighted by molar-refractivity contribution is -0.730. The molecule has 10 nitrogen and oxygen atoms in total. The summed E-state index contributed by atoms with van der Waals surface area (Å²) in [5.74, 6) is -1.11. The Labute approximate surface area is 193 Å². The number of alkyl halides is 3. The summed E-state index contributed by atoms with van der Waals surface area (Å²) in [6.45, 7) is 1.39. The first kappa shape index (κ1) is 24.3. The molecule has 1 amide bonds. The predicted octanol–water partition coefficient (Wildman–Crippen LogP) is 2.32. The van der Waals surface area contributed by atoms with E-state index in [4.69, 9.17) is 10.3 Å². The Morgan fingerprint density at radius 3 is 2.50 bits per heavy atom. The number of rotatable bonds is 5. The van der Waals surface area contributed by atoms with Crippen molar-refractivity contribution < 1.29 is 27.2 Å². The minimum atomic E-state index is -4.68. The maximum Gasteiger partial charge on any atom is 0.435 e. The van der Waals surface area contributed by atoms with Crippen molar-refractivity contribution in [1.82, 2.24) is 10.3 Å². The largest absolute Gasteiger partial charge is 0.435 e. The SMILES string of the molecule is CC(Sc1nc(N)c(C#N)c(-c2c(=O)o[nH][n+]2C)c1C#N)C(=O)Nc1ccccc1C(F)(F)F. The van der Waals surface area contributed by atoms with Gasteiger partial charge in [-0.05, 0) is 24.3 Å². The van der Waals surface area contributed by atoms with Crippen molar-refractivity contribution >= 4 is 29.2 Å². The summed E-state index contributed by atoms with van der Waals surface area (Å²) in [6.07, 6.45) is -4.68. The third-order valence-corrected chi connectivity index (χ3v) is 5.69. The zero-order valence-electron chi connectivity index (χ0n) is 17.5. The maximum atomic E-state index is 13.2. The van der Waals surface area contributed by atoms with Gasteiger partial charge in [0.05, 0.1) is 22.1 Å². The molecule has 3 aromatic rings. The van der Waals surface area contributed by atoms with Crippen LogP contribution in [0, 0.1) is 22.7 Å². The van der Waals surface area contributed by atoms with Gasteiger partial charge in [0.2, 0.25) is 5.91 Å². The number of carbonyl (C=O) groups excluding carboxylic acids is 1. The number of nitrogens with one attached hydrogen (secondary N) is 2. The number of anilines is 2. The fourth-order valence-electron chi connectivity index (χ4n) is 3.03. The average Bonchev–Trinajstić information content (AvgIpc) is 3.10. The molecule has 3 rings (SSSR count). The van der Waals surface area contributed by atoms with Crippen LogP contribution in [0.15, 0.2) is 38.6 Å². The summed E-state index contributed by atoms with van der Waals surface area (Å²) < 4.78 is 45.5. The Morgan fingerprint density at radius 2 is 1.94 bits per heavy atom. The number of aryl methyl sites for hydroxylation is 1. The van der Waals surface area contributed by atoms with E-state index in [1.807, 2.05) is 6.07 Å². The van der Waals surface area contributed by atoms with Crippen LogP contribution in [0.25, 0.3) is 11.3 Å². The number of thioether (sulfide) groups is 1. The van der Waals surface area contributed by atoms with Crippen LogP contribution in [0.1, 0.15) is 23.6 Å². The summed E-state index contributed by atoms with van der Waals surface area (Å²) in [5.41, 5.74) is 2.73. The van der Waals surface area contributed by atoms with Gasteiger partial charge in [-0.3, -0.25) is 9.32 Å². The number of H-pyrrole nitrogens is 1. The molecule has 0 bridgehead atoms. The van der Waals surface area contributed by atoms with Gasteiger partial charge >= 0.3 is 17.5 Å². The number of halogens is 3. The molecule has 2 heterocycles. The van der Waals surface area contributed by atoms with Crippen molar-refractivity contribution in [3.05, 3.63) is 51.4 Å². The van der Waals surface area contributed by atoms with Gasteiger partial charge in [-0.15, -0.1) is 0 Å². The average molecular weight is 490 g/mol. The number of nitriles is 2. The first-order valence-corrected chi connectivity index (χ1v) is 10.2. The van der Waals surface area contributed by atoms with Gasteiger partial charge in [0.15, 0.2) is 7.05 Å². The lowest BCUT2D eigenvalue weighted by Crippen LogP contribution is -2.34. The number of nitrogen functional groups attached to an aromatic ring is 1. The third-order valence-electron chi connectivity index (χ3n) is 4.60. The smallest absolute Gasteiger partial charge is 0.383 e. The van der Waals surface area contributed by atoms with Crippen molar-refractivity contribution in [2.24, 2.45) is 7.05 Å². The van der Waals surface area contributed by atoms with Crippen molar-refractivity contribution in [1.29, 1.82) is 10.5 Å². The van der Waals surface area contributed by atoms with Crippen LogP contribution in [-0.2, 0) is 18.0 Å². The molecule has 0 radical (unpaired) electrons. The van der Waals surface area contributed by atoms with Gasteiger partial charge in [0.25, 0.3) is 0 Å². The molecule has 1 atom stereocenters. The van der Waals surface area contributed by atoms with Crippen molar-refractivity contribution in [2.75, 3.05) is 11.1 Å². The molecule has 34 heavy (non-hydrogen) atoms. The zero-order chi connectivity index (χ0) is 25.2. The predicted molar refractivity (Wildman–Crippen MR) is 113 cm³/mol. The van der Waals surface area contributed by atoms with Crippen LogP contribution < -0.4 is 21.4 Å². The van der Waals surface area contributed by atoms with E-state index in [1.54, 1.807) is 6.07 Å². The monoisotopic (exact) mass is 490 g/mol. The fraction of sp³-hybridized carbons (Fsp3) is 0.200. The number of hydrogen-bond donors (Lipinski definition) is 3. The number of para-hydroxylation sites is 1. The number of aromatic amines is 1. The minimum Gasteiger partial charge on any atom is -0.383 e. The fourth-order valence-corrected chi connectivity index (χ4v) is 3.94. The van der Waals surface area contributed by atoms with E-state index in [2.05, 4.69) is 15.6 Å². The molecule has 0 fully saturated rings. The molecule has 1 aromatic carbocycles. The molecular weight excluding hydrogens is 475 g/mol. The van der Waals surface area contributed by atoms with Crippen LogP contribution in [0.3, 0.4) is 0 Å². The summed E-state index contributed by atoms with van der Waals surface area (Å²) in [6, 6.07) is 8.13. The molecule has 0 aliphatic carbocycles. The number of hydrogen-bond acceptors (Lipinski definition) is 8. The van der Waals surface area contributed by atoms with Crippen molar-refractivity contribution in [2.45, 2.75) is 23.4 Å². The van der Waals surface area contributed by atoms with Gasteiger partial charge in [0.1, 0.15) is 34.1 Å². The first-order valence-electron chi connectivity index (χ1n) is 9.34. The summed E-state index contributed by atoms with van der Waals surface area (Å²) in [4.78, 5) is 28.9. The highest BCUT2D eigenvalue weighted by Crippen LogP contribution is 2.37. The second-order valence-electron chi connectivity index (χ2n) is 6.83. The van der Waals surface area contributed by atoms with Crippen LogP contribution in [-0.4, -0.2) is 21.4 Å². The second-order valence-corrected chi connectivity index (χ2v) is 8.16. The maximum absolute atomic E-state index is 13.2. The van der Waals surface area contributed by atoms with E-state index < -0.39 is 34.2 Å². The van der Waals surface area contributed by atoms with Gasteiger partial charge in [0, 0.05) is 0 Å². The Morgan fingerprint density at radius 1 is 1.29 bits per heavy atom. The molecule has 0 aliphatic rings. The molecule has 0 saturated carbocycles. The Bertz CT molecular complexity index is 1420. The van der Waals surface area contributed by atoms with Gasteiger partial charge < -0.3 is 11.1 Å². The van der Waals surface area contributed by atoms with E-state index in [-0.39, 0.29) is 33.2 Å². The van der Waals surface area contributed by atoms with Crippen molar-refractivity contribution in [3.8, 4) is 23.4 Å². The standard InChI is InChI=1S/C20H14F3N7O3S/c1-9(17(31)27-13-6-4-3-5-12(13)20(21,22)23)34-18-11(8-25)14(10(7-24)16(26)28-18)15-19(32)33-29-30(15)2/h3-6,9H,1-2H3,(H3-,26,27,28,29,31,32)/p+1. The van der Waals surface area contributed by atoms with E-state index in [9.17, 15) is 33.3 Å². The van der Waals surface area contributed by atoms with E-state index in [0.29, 0.717) is 0 Å². The molecule has 174 valence electrons. The number of nitrogens with two attached hydrogens (primary N) is 1. The molecule has 4 N–H and O–H groups in total. The van der Waals surface area contributed by atoms with Crippen LogP contribution in [0.5, 0.6) is 0 Å². The Balaban J connectivity index is 2.01. The topological polar surface area (TPSA) is 165 Å². The second kappa shape index (κ2) is 9.29. The van der Waals surface area contributed by atoms with Crippen LogP contribution in [0.4, 0.5) is 24.7 Å². The number of benzene rings is 1. The van der Waals surface area contributed by atoms with Gasteiger partial charge in [-0.2, -0.15) is 23.7 Å². The normalized spacial score (nSPS) is 12.0. The number of pyridine rings is 1. The number of amides is 1. The third kappa shape index (κ3) is 4.57. The molecular formula is C20H15F3N7O3S+. The van der Waals surface area contributed by atoms with E-state index in [0.717, 1.165) is 28.6 Å². The molecule has 0 spiro atoms. The molecule has 2 aromatic heterocycles. The highest BCUT2D eigenvalue weighted by atomic mass is 32.2. The number of aromatic nitrogens is 3. The zero-order valence-corrected chi connectivity index (χ0v) is 18.3.